The fourth-order valence-corrected chi connectivity index (χ4v) is 3.29. The Morgan fingerprint density at radius 1 is 0.879 bits per heavy atom. The van der Waals surface area contributed by atoms with Crippen LogP contribution in [0.4, 0.5) is 35.2 Å². The summed E-state index contributed by atoms with van der Waals surface area (Å²) in [6.07, 6.45) is 1.27. The third kappa shape index (κ3) is 5.09. The zero-order valence-corrected chi connectivity index (χ0v) is 18.1. The van der Waals surface area contributed by atoms with Crippen molar-refractivity contribution in [3.8, 4) is 0 Å². The van der Waals surface area contributed by atoms with Crippen molar-refractivity contribution in [2.75, 3.05) is 10.6 Å². The van der Waals surface area contributed by atoms with Crippen LogP contribution in [-0.2, 0) is 0 Å². The number of anilines is 3. The first-order valence-electron chi connectivity index (χ1n) is 9.34. The van der Waals surface area contributed by atoms with Gasteiger partial charge in [0.25, 0.3) is 5.91 Å². The van der Waals surface area contributed by atoms with Gasteiger partial charge in [-0.1, -0.05) is 15.9 Å². The second kappa shape index (κ2) is 9.25. The van der Waals surface area contributed by atoms with E-state index in [1.165, 1.54) is 24.5 Å². The van der Waals surface area contributed by atoms with E-state index >= 15 is 0 Å². The van der Waals surface area contributed by atoms with Crippen molar-refractivity contribution in [2.45, 2.75) is 0 Å². The number of hydrogen-bond acceptors (Lipinski definition) is 5. The normalized spacial score (nSPS) is 10.7. The fraction of sp³-hybridized carbons (Fsp3) is 0. The Bertz CT molecular complexity index is 1400. The molecule has 3 amide bonds. The summed E-state index contributed by atoms with van der Waals surface area (Å²) < 4.78 is 41.4. The summed E-state index contributed by atoms with van der Waals surface area (Å²) in [6, 6.07) is 10.6. The minimum absolute atomic E-state index is 0.214. The van der Waals surface area contributed by atoms with Crippen LogP contribution in [0.2, 0.25) is 0 Å². The number of urea groups is 1. The molecule has 0 aliphatic heterocycles. The van der Waals surface area contributed by atoms with E-state index in [0.29, 0.717) is 27.3 Å². The topological polar surface area (TPSA) is 96.0 Å². The van der Waals surface area contributed by atoms with Crippen molar-refractivity contribution in [3.63, 3.8) is 0 Å². The molecule has 3 aromatic carbocycles. The van der Waals surface area contributed by atoms with Gasteiger partial charge in [0.2, 0.25) is 0 Å². The van der Waals surface area contributed by atoms with E-state index in [0.717, 1.165) is 12.1 Å². The van der Waals surface area contributed by atoms with Gasteiger partial charge in [0, 0.05) is 21.6 Å². The lowest BCUT2D eigenvalue weighted by molar-refractivity contribution is 0.0963. The van der Waals surface area contributed by atoms with Crippen molar-refractivity contribution in [1.29, 1.82) is 0 Å². The van der Waals surface area contributed by atoms with Gasteiger partial charge < -0.3 is 10.6 Å². The Morgan fingerprint density at radius 2 is 1.70 bits per heavy atom. The molecule has 0 saturated carbocycles. The number of carbonyl (C=O) groups is 2. The van der Waals surface area contributed by atoms with Crippen LogP contribution in [0.25, 0.3) is 10.9 Å². The van der Waals surface area contributed by atoms with E-state index < -0.39 is 35.0 Å². The van der Waals surface area contributed by atoms with Gasteiger partial charge in [-0.3, -0.25) is 10.1 Å². The van der Waals surface area contributed by atoms with Crippen LogP contribution in [-0.4, -0.2) is 21.9 Å². The van der Waals surface area contributed by atoms with E-state index in [4.69, 9.17) is 0 Å². The fourth-order valence-electron chi connectivity index (χ4n) is 2.96. The molecular formula is C22H13BrF3N5O2. The number of nitrogens with one attached hydrogen (secondary N) is 3. The number of rotatable bonds is 4. The van der Waals surface area contributed by atoms with Crippen LogP contribution < -0.4 is 16.0 Å². The molecule has 0 fully saturated rings. The first-order valence-corrected chi connectivity index (χ1v) is 10.1. The number of fused-ring (bicyclic) bond motifs is 1. The Morgan fingerprint density at radius 3 is 2.45 bits per heavy atom. The van der Waals surface area contributed by atoms with Gasteiger partial charge in [-0.05, 0) is 48.5 Å². The number of aromatic nitrogens is 2. The maximum Gasteiger partial charge on any atom is 0.326 e. The van der Waals surface area contributed by atoms with Crippen molar-refractivity contribution >= 4 is 56.0 Å². The van der Waals surface area contributed by atoms with E-state index in [9.17, 15) is 22.8 Å². The summed E-state index contributed by atoms with van der Waals surface area (Å²) in [5.41, 5.74) is 0.450. The van der Waals surface area contributed by atoms with Crippen molar-refractivity contribution < 1.29 is 22.8 Å². The molecule has 33 heavy (non-hydrogen) atoms. The van der Waals surface area contributed by atoms with E-state index in [2.05, 4.69) is 36.5 Å². The standard InChI is InChI=1S/C22H13BrF3N5O2/c23-11-1-6-18(17(26)7-11)30-20-15-5-3-13(9-19(15)27-10-28-20)29-22(33)31-21(32)14-4-2-12(24)8-16(14)25/h1-10H,(H,27,28,30)(H2,29,31,32,33). The lowest BCUT2D eigenvalue weighted by atomic mass is 10.2. The molecule has 0 spiro atoms. The number of hydrogen-bond donors (Lipinski definition) is 3. The third-order valence-electron chi connectivity index (χ3n) is 4.48. The number of imide groups is 1. The molecule has 0 unspecified atom stereocenters. The van der Waals surface area contributed by atoms with Crippen LogP contribution in [0, 0.1) is 17.5 Å². The molecule has 4 aromatic rings. The smallest absolute Gasteiger partial charge is 0.326 e. The molecule has 11 heteroatoms. The third-order valence-corrected chi connectivity index (χ3v) is 4.97. The van der Waals surface area contributed by atoms with Crippen LogP contribution in [0.15, 0.2) is 65.4 Å². The Hall–Kier alpha value is -3.99. The maximum absolute atomic E-state index is 14.2. The van der Waals surface area contributed by atoms with Crippen molar-refractivity contribution in [1.82, 2.24) is 15.3 Å². The number of nitrogens with zero attached hydrogens (tertiary/aromatic N) is 2. The minimum atomic E-state index is -1.09. The first-order chi connectivity index (χ1) is 15.8. The van der Waals surface area contributed by atoms with Gasteiger partial charge in [-0.25, -0.2) is 27.9 Å². The monoisotopic (exact) mass is 515 g/mol. The van der Waals surface area contributed by atoms with Crippen molar-refractivity contribution in [3.05, 3.63) is 88.4 Å². The highest BCUT2D eigenvalue weighted by atomic mass is 79.9. The average Bonchev–Trinajstić information content (AvgIpc) is 2.75. The zero-order chi connectivity index (χ0) is 23.5. The minimum Gasteiger partial charge on any atom is -0.337 e. The summed E-state index contributed by atoms with van der Waals surface area (Å²) >= 11 is 3.20. The number of halogens is 4. The Kier molecular flexibility index (Phi) is 6.22. The number of benzene rings is 3. The molecular weight excluding hydrogens is 503 g/mol. The Labute approximate surface area is 193 Å². The van der Waals surface area contributed by atoms with Crippen molar-refractivity contribution in [2.24, 2.45) is 0 Å². The first kappa shape index (κ1) is 22.2. The van der Waals surface area contributed by atoms with Gasteiger partial charge in [0.05, 0.1) is 16.8 Å². The lowest BCUT2D eigenvalue weighted by Gasteiger charge is -2.11. The Balaban J connectivity index is 1.50. The van der Waals surface area contributed by atoms with Gasteiger partial charge in [0.1, 0.15) is 29.6 Å². The van der Waals surface area contributed by atoms with Crippen LogP contribution in [0.3, 0.4) is 0 Å². The van der Waals surface area contributed by atoms with Crippen LogP contribution in [0.5, 0.6) is 0 Å². The molecule has 4 rings (SSSR count). The summed E-state index contributed by atoms with van der Waals surface area (Å²) in [5, 5.41) is 7.86. The summed E-state index contributed by atoms with van der Waals surface area (Å²) in [4.78, 5) is 32.5. The maximum atomic E-state index is 14.2. The predicted molar refractivity (Wildman–Crippen MR) is 120 cm³/mol. The average molecular weight is 516 g/mol. The number of amides is 3. The highest BCUT2D eigenvalue weighted by Gasteiger charge is 2.16. The second-order valence-electron chi connectivity index (χ2n) is 6.74. The predicted octanol–water partition coefficient (Wildman–Crippen LogP) is 5.52. The van der Waals surface area contributed by atoms with E-state index in [1.807, 2.05) is 5.32 Å². The molecule has 0 radical (unpaired) electrons. The zero-order valence-electron chi connectivity index (χ0n) is 16.5. The van der Waals surface area contributed by atoms with Gasteiger partial charge >= 0.3 is 6.03 Å². The molecule has 0 aliphatic rings. The molecule has 1 heterocycles. The summed E-state index contributed by atoms with van der Waals surface area (Å²) in [7, 11) is 0. The molecule has 7 nitrogen and oxygen atoms in total. The molecule has 0 atom stereocenters. The summed E-state index contributed by atoms with van der Waals surface area (Å²) in [6.45, 7) is 0. The quantitative estimate of drug-likeness (QED) is 0.332. The molecule has 3 N–H and O–H groups in total. The van der Waals surface area contributed by atoms with E-state index in [-0.39, 0.29) is 11.4 Å². The lowest BCUT2D eigenvalue weighted by Crippen LogP contribution is -2.34. The number of carbonyl (C=O) groups excluding carboxylic acids is 2. The van der Waals surface area contributed by atoms with Gasteiger partial charge in [-0.2, -0.15) is 0 Å². The van der Waals surface area contributed by atoms with Gasteiger partial charge in [0.15, 0.2) is 0 Å². The largest absolute Gasteiger partial charge is 0.337 e. The highest BCUT2D eigenvalue weighted by molar-refractivity contribution is 9.10. The molecule has 0 bridgehead atoms. The second-order valence-corrected chi connectivity index (χ2v) is 7.65. The van der Waals surface area contributed by atoms with E-state index in [1.54, 1.807) is 18.2 Å². The summed E-state index contributed by atoms with van der Waals surface area (Å²) in [5.74, 6) is -3.10. The van der Waals surface area contributed by atoms with Crippen LogP contribution >= 0.6 is 15.9 Å². The molecule has 1 aromatic heterocycles. The highest BCUT2D eigenvalue weighted by Crippen LogP contribution is 2.27. The SMILES string of the molecule is O=C(NC(=O)c1ccc(F)cc1F)Nc1ccc2c(Nc3ccc(Br)cc3F)ncnc2c1. The molecule has 166 valence electrons. The van der Waals surface area contributed by atoms with Crippen LogP contribution in [0.1, 0.15) is 10.4 Å². The molecule has 0 saturated heterocycles. The molecule has 0 aliphatic carbocycles. The van der Waals surface area contributed by atoms with Gasteiger partial charge in [-0.15, -0.1) is 0 Å².